The highest BCUT2D eigenvalue weighted by atomic mass is 19.1. The van der Waals surface area contributed by atoms with E-state index in [1.165, 1.54) is 6.07 Å². The molecule has 1 aromatic rings. The number of hydrogen-bond donors (Lipinski definition) is 1. The summed E-state index contributed by atoms with van der Waals surface area (Å²) in [5, 5.41) is 9.86. The Kier molecular flexibility index (Phi) is 5.17. The van der Waals surface area contributed by atoms with E-state index >= 15 is 0 Å². The second-order valence-corrected chi connectivity index (χ2v) is 8.95. The third-order valence-corrected chi connectivity index (χ3v) is 7.25. The van der Waals surface area contributed by atoms with Crippen molar-refractivity contribution in [3.63, 3.8) is 0 Å². The summed E-state index contributed by atoms with van der Waals surface area (Å²) in [6, 6.07) is 4.78. The van der Waals surface area contributed by atoms with Crippen LogP contribution in [0.15, 0.2) is 18.2 Å². The lowest BCUT2D eigenvalue weighted by molar-refractivity contribution is -0.147. The molecule has 6 heteroatoms. The van der Waals surface area contributed by atoms with Crippen molar-refractivity contribution in [3.05, 3.63) is 35.1 Å². The minimum Gasteiger partial charge on any atom is -0.481 e. The minimum atomic E-state index is -0.753. The molecular formula is C22H29FN2O3. The summed E-state index contributed by atoms with van der Waals surface area (Å²) in [6.07, 6.45) is 4.61. The van der Waals surface area contributed by atoms with Crippen molar-refractivity contribution in [2.45, 2.75) is 45.6 Å². The number of halogens is 1. The van der Waals surface area contributed by atoms with Crippen molar-refractivity contribution in [3.8, 4) is 0 Å². The summed E-state index contributed by atoms with van der Waals surface area (Å²) in [6.45, 7) is 5.03. The Morgan fingerprint density at radius 2 is 1.96 bits per heavy atom. The highest BCUT2D eigenvalue weighted by molar-refractivity contribution is 5.79. The number of carboxylic acids is 1. The van der Waals surface area contributed by atoms with Crippen LogP contribution in [0.25, 0.3) is 0 Å². The van der Waals surface area contributed by atoms with Gasteiger partial charge in [-0.1, -0.05) is 12.5 Å². The highest BCUT2D eigenvalue weighted by Gasteiger charge is 2.52. The molecule has 1 amide bonds. The van der Waals surface area contributed by atoms with Crippen LogP contribution in [-0.4, -0.2) is 53.0 Å². The van der Waals surface area contributed by atoms with Gasteiger partial charge in [0.2, 0.25) is 5.91 Å². The first kappa shape index (κ1) is 19.4. The zero-order valence-corrected chi connectivity index (χ0v) is 16.5. The number of piperidine rings is 1. The molecule has 1 saturated carbocycles. The number of hydrogen-bond acceptors (Lipinski definition) is 3. The molecule has 0 radical (unpaired) electrons. The monoisotopic (exact) mass is 388 g/mol. The van der Waals surface area contributed by atoms with E-state index in [1.807, 2.05) is 11.8 Å². The van der Waals surface area contributed by atoms with Gasteiger partial charge < -0.3 is 10.0 Å². The quantitative estimate of drug-likeness (QED) is 0.861. The molecule has 1 unspecified atom stereocenters. The number of benzene rings is 1. The van der Waals surface area contributed by atoms with Gasteiger partial charge in [-0.15, -0.1) is 0 Å². The molecule has 1 spiro atoms. The van der Waals surface area contributed by atoms with E-state index in [0.717, 1.165) is 43.2 Å². The molecule has 0 aromatic heterocycles. The predicted octanol–water partition coefficient (Wildman–Crippen LogP) is 3.06. The highest BCUT2D eigenvalue weighted by Crippen LogP contribution is 2.46. The van der Waals surface area contributed by atoms with Crippen LogP contribution in [0.1, 0.15) is 43.2 Å². The Balaban J connectivity index is 1.45. The fraction of sp³-hybridized carbons (Fsp3) is 0.636. The molecule has 152 valence electrons. The third-order valence-electron chi connectivity index (χ3n) is 7.25. The first-order chi connectivity index (χ1) is 13.4. The lowest BCUT2D eigenvalue weighted by Crippen LogP contribution is -2.50. The van der Waals surface area contributed by atoms with Crippen LogP contribution >= 0.6 is 0 Å². The summed E-state index contributed by atoms with van der Waals surface area (Å²) < 4.78 is 13.6. The fourth-order valence-corrected chi connectivity index (χ4v) is 5.18. The van der Waals surface area contributed by atoms with E-state index in [9.17, 15) is 19.1 Å². The largest absolute Gasteiger partial charge is 0.481 e. The van der Waals surface area contributed by atoms with Crippen LogP contribution < -0.4 is 0 Å². The zero-order chi connectivity index (χ0) is 19.9. The smallest absolute Gasteiger partial charge is 0.308 e. The SMILES string of the molecule is Cc1ccc(F)cc1CN1CC(C(=O)O)C2(CCN(C(=O)C3CCC3)CC2)C1. The van der Waals surface area contributed by atoms with E-state index in [-0.39, 0.29) is 23.1 Å². The van der Waals surface area contributed by atoms with Gasteiger partial charge in [-0.2, -0.15) is 0 Å². The molecule has 2 saturated heterocycles. The van der Waals surface area contributed by atoms with Crippen molar-refractivity contribution in [2.75, 3.05) is 26.2 Å². The maximum Gasteiger partial charge on any atom is 0.308 e. The molecule has 1 atom stereocenters. The average Bonchev–Trinajstić information content (AvgIpc) is 2.95. The van der Waals surface area contributed by atoms with Gasteiger partial charge in [0.05, 0.1) is 5.92 Å². The summed E-state index contributed by atoms with van der Waals surface area (Å²) in [4.78, 5) is 28.7. The molecular weight excluding hydrogens is 359 g/mol. The van der Waals surface area contributed by atoms with Gasteiger partial charge in [-0.25, -0.2) is 4.39 Å². The molecule has 1 N–H and O–H groups in total. The van der Waals surface area contributed by atoms with Crippen LogP contribution in [0, 0.1) is 30.0 Å². The Bertz CT molecular complexity index is 769. The number of nitrogens with zero attached hydrogens (tertiary/aromatic N) is 2. The second kappa shape index (κ2) is 7.47. The molecule has 1 aromatic carbocycles. The summed E-state index contributed by atoms with van der Waals surface area (Å²) in [5.41, 5.74) is 1.65. The molecule has 3 fully saturated rings. The molecule has 2 heterocycles. The van der Waals surface area contributed by atoms with E-state index in [4.69, 9.17) is 0 Å². The standard InChI is InChI=1S/C22H29FN2O3/c1-15-5-6-18(23)11-17(15)12-24-13-19(21(27)28)22(14-24)7-9-25(10-8-22)20(26)16-3-2-4-16/h5-6,11,16,19H,2-4,7-10,12-14H2,1H3,(H,27,28). The van der Waals surface area contributed by atoms with Crippen LogP contribution in [0.2, 0.25) is 0 Å². The summed E-state index contributed by atoms with van der Waals surface area (Å²) >= 11 is 0. The van der Waals surface area contributed by atoms with E-state index in [0.29, 0.717) is 32.7 Å². The lowest BCUT2D eigenvalue weighted by atomic mass is 9.70. The third kappa shape index (κ3) is 3.54. The van der Waals surface area contributed by atoms with Crippen molar-refractivity contribution >= 4 is 11.9 Å². The maximum atomic E-state index is 13.6. The number of amides is 1. The van der Waals surface area contributed by atoms with Gasteiger partial charge in [0.15, 0.2) is 0 Å². The minimum absolute atomic E-state index is 0.195. The predicted molar refractivity (Wildman–Crippen MR) is 103 cm³/mol. The number of likely N-dealkylation sites (tertiary alicyclic amines) is 2. The molecule has 2 aliphatic heterocycles. The van der Waals surface area contributed by atoms with Gasteiger partial charge in [0.25, 0.3) is 0 Å². The number of carboxylic acid groups (broad SMARTS) is 1. The second-order valence-electron chi connectivity index (χ2n) is 8.95. The Hall–Kier alpha value is -1.95. The average molecular weight is 388 g/mol. The fourth-order valence-electron chi connectivity index (χ4n) is 5.18. The lowest BCUT2D eigenvalue weighted by Gasteiger charge is -2.43. The molecule has 28 heavy (non-hydrogen) atoms. The van der Waals surface area contributed by atoms with E-state index in [1.54, 1.807) is 12.1 Å². The van der Waals surface area contributed by atoms with Gasteiger partial charge in [-0.05, 0) is 55.9 Å². The van der Waals surface area contributed by atoms with Crippen LogP contribution in [-0.2, 0) is 16.1 Å². The maximum absolute atomic E-state index is 13.6. The summed E-state index contributed by atoms with van der Waals surface area (Å²) in [7, 11) is 0. The zero-order valence-electron chi connectivity index (χ0n) is 16.5. The number of aryl methyl sites for hydroxylation is 1. The van der Waals surface area contributed by atoms with E-state index < -0.39 is 11.9 Å². The summed E-state index contributed by atoms with van der Waals surface area (Å²) in [5.74, 6) is -0.981. The Morgan fingerprint density at radius 3 is 2.57 bits per heavy atom. The molecule has 0 bridgehead atoms. The normalized spacial score (nSPS) is 25.1. The molecule has 1 aliphatic carbocycles. The molecule has 5 nitrogen and oxygen atoms in total. The first-order valence-electron chi connectivity index (χ1n) is 10.4. The Labute approximate surface area is 165 Å². The van der Waals surface area contributed by atoms with E-state index in [2.05, 4.69) is 4.90 Å². The topological polar surface area (TPSA) is 60.9 Å². The van der Waals surface area contributed by atoms with Crippen molar-refractivity contribution in [1.82, 2.24) is 9.80 Å². The van der Waals surface area contributed by atoms with Gasteiger partial charge in [0, 0.05) is 44.1 Å². The van der Waals surface area contributed by atoms with Crippen LogP contribution in [0.5, 0.6) is 0 Å². The first-order valence-corrected chi connectivity index (χ1v) is 10.4. The number of rotatable bonds is 4. The van der Waals surface area contributed by atoms with Crippen LogP contribution in [0.4, 0.5) is 4.39 Å². The molecule has 3 aliphatic rings. The number of aliphatic carboxylic acids is 1. The van der Waals surface area contributed by atoms with Gasteiger partial charge >= 0.3 is 5.97 Å². The van der Waals surface area contributed by atoms with Crippen molar-refractivity contribution in [2.24, 2.45) is 17.3 Å². The van der Waals surface area contributed by atoms with Gasteiger partial charge in [0.1, 0.15) is 5.82 Å². The number of carbonyl (C=O) groups excluding carboxylic acids is 1. The Morgan fingerprint density at radius 1 is 1.25 bits per heavy atom. The van der Waals surface area contributed by atoms with Gasteiger partial charge in [-0.3, -0.25) is 14.5 Å². The number of carbonyl (C=O) groups is 2. The van der Waals surface area contributed by atoms with Crippen molar-refractivity contribution < 1.29 is 19.1 Å². The molecule has 4 rings (SSSR count). The van der Waals surface area contributed by atoms with Crippen LogP contribution in [0.3, 0.4) is 0 Å². The van der Waals surface area contributed by atoms with Crippen molar-refractivity contribution in [1.29, 1.82) is 0 Å².